The van der Waals surface area contributed by atoms with E-state index in [1.807, 2.05) is 24.3 Å². The van der Waals surface area contributed by atoms with E-state index in [1.165, 1.54) is 23.5 Å². The molecular formula is C19H25O3P. The van der Waals surface area contributed by atoms with Gasteiger partial charge in [-0.15, -0.1) is 0 Å². The maximum Gasteiger partial charge on any atom is 0.118 e. The molecule has 23 heavy (non-hydrogen) atoms. The van der Waals surface area contributed by atoms with Crippen LogP contribution in [0.4, 0.5) is 0 Å². The molecule has 4 heteroatoms. The normalized spacial score (nSPS) is 10.8. The number of hydrogen-bond acceptors (Lipinski definition) is 3. The van der Waals surface area contributed by atoms with E-state index in [0.717, 1.165) is 24.5 Å². The first-order valence-electron chi connectivity index (χ1n) is 7.99. The van der Waals surface area contributed by atoms with Gasteiger partial charge in [-0.1, -0.05) is 19.8 Å². The molecule has 0 heterocycles. The fourth-order valence-corrected chi connectivity index (χ4v) is 3.99. The maximum absolute atomic E-state index is 6.25. The molecule has 0 N–H and O–H groups in total. The monoisotopic (exact) mass is 332 g/mol. The van der Waals surface area contributed by atoms with E-state index in [1.54, 1.807) is 14.2 Å². The highest BCUT2D eigenvalue weighted by atomic mass is 31.1. The summed E-state index contributed by atoms with van der Waals surface area (Å²) in [4.78, 5) is 0. The molecule has 2 aromatic rings. The molecule has 124 valence electrons. The molecule has 0 spiro atoms. The highest BCUT2D eigenvalue weighted by Crippen LogP contribution is 2.36. The van der Waals surface area contributed by atoms with Crippen LogP contribution in [0.25, 0.3) is 0 Å². The quantitative estimate of drug-likeness (QED) is 0.507. The Morgan fingerprint density at radius 1 is 0.739 bits per heavy atom. The van der Waals surface area contributed by atoms with Crippen molar-refractivity contribution in [3.8, 4) is 11.5 Å². The Morgan fingerprint density at radius 3 is 1.61 bits per heavy atom. The maximum atomic E-state index is 6.25. The molecule has 2 aromatic carbocycles. The minimum Gasteiger partial charge on any atom is -0.497 e. The van der Waals surface area contributed by atoms with E-state index in [4.69, 9.17) is 14.0 Å². The molecule has 0 aliphatic rings. The molecule has 0 unspecified atom stereocenters. The molecule has 0 bridgehead atoms. The van der Waals surface area contributed by atoms with E-state index >= 15 is 0 Å². The fourth-order valence-electron chi connectivity index (χ4n) is 2.24. The van der Waals surface area contributed by atoms with Crippen LogP contribution in [0, 0.1) is 0 Å². The van der Waals surface area contributed by atoms with Crippen LogP contribution in [0.2, 0.25) is 0 Å². The van der Waals surface area contributed by atoms with Gasteiger partial charge in [0.25, 0.3) is 0 Å². The topological polar surface area (TPSA) is 27.7 Å². The molecule has 0 saturated heterocycles. The lowest BCUT2D eigenvalue weighted by Gasteiger charge is -2.19. The van der Waals surface area contributed by atoms with Gasteiger partial charge in [0, 0.05) is 10.6 Å². The van der Waals surface area contributed by atoms with Gasteiger partial charge in [0.1, 0.15) is 11.5 Å². The summed E-state index contributed by atoms with van der Waals surface area (Å²) in [6, 6.07) is 16.3. The lowest BCUT2D eigenvalue weighted by Crippen LogP contribution is -2.14. The van der Waals surface area contributed by atoms with Crippen molar-refractivity contribution in [3.05, 3.63) is 48.5 Å². The highest BCUT2D eigenvalue weighted by molar-refractivity contribution is 7.68. The molecule has 3 nitrogen and oxygen atoms in total. The van der Waals surface area contributed by atoms with E-state index < -0.39 is 8.15 Å². The molecule has 0 aromatic heterocycles. The molecule has 2 rings (SSSR count). The number of rotatable bonds is 9. The second-order valence-corrected chi connectivity index (χ2v) is 7.11. The molecule has 0 aliphatic heterocycles. The second kappa shape index (κ2) is 9.54. The molecule has 0 fully saturated rings. The first-order valence-corrected chi connectivity index (χ1v) is 9.25. The predicted molar refractivity (Wildman–Crippen MR) is 97.7 cm³/mol. The summed E-state index contributed by atoms with van der Waals surface area (Å²) < 4.78 is 16.7. The van der Waals surface area contributed by atoms with Crippen LogP contribution in [0.1, 0.15) is 26.2 Å². The van der Waals surface area contributed by atoms with Gasteiger partial charge in [-0.25, -0.2) is 0 Å². The van der Waals surface area contributed by atoms with Gasteiger partial charge in [-0.3, -0.25) is 0 Å². The van der Waals surface area contributed by atoms with Crippen LogP contribution in [0.15, 0.2) is 48.5 Å². The lowest BCUT2D eigenvalue weighted by atomic mass is 10.3. The minimum absolute atomic E-state index is 0.789. The summed E-state index contributed by atoms with van der Waals surface area (Å²) in [5.74, 6) is 1.73. The Labute approximate surface area is 140 Å². The van der Waals surface area contributed by atoms with Gasteiger partial charge in [-0.05, 0) is 55.0 Å². The Kier molecular flexibility index (Phi) is 7.38. The third kappa shape index (κ3) is 5.23. The number of benzene rings is 2. The second-order valence-electron chi connectivity index (χ2n) is 5.23. The van der Waals surface area contributed by atoms with Crippen molar-refractivity contribution in [2.45, 2.75) is 26.2 Å². The number of unbranched alkanes of at least 4 members (excludes halogenated alkanes) is 2. The number of methoxy groups -OCH3 is 2. The van der Waals surface area contributed by atoms with Crippen molar-refractivity contribution in [2.24, 2.45) is 0 Å². The van der Waals surface area contributed by atoms with Gasteiger partial charge in [0.15, 0.2) is 0 Å². The standard InChI is InChI=1S/C19H25O3P/c1-4-5-6-15-22-23(18-11-7-16(20-2)8-12-18)19-13-9-17(21-3)10-14-19/h7-14H,4-6,15H2,1-3H3. The van der Waals surface area contributed by atoms with Crippen LogP contribution in [-0.4, -0.2) is 20.8 Å². The van der Waals surface area contributed by atoms with Crippen molar-refractivity contribution >= 4 is 18.8 Å². The number of hydrogen-bond donors (Lipinski definition) is 0. The summed E-state index contributed by atoms with van der Waals surface area (Å²) in [6.07, 6.45) is 3.50. The van der Waals surface area contributed by atoms with Crippen molar-refractivity contribution in [2.75, 3.05) is 20.8 Å². The third-order valence-corrected chi connectivity index (χ3v) is 5.56. The van der Waals surface area contributed by atoms with Crippen LogP contribution >= 0.6 is 8.15 Å². The molecule has 0 radical (unpaired) electrons. The Morgan fingerprint density at radius 2 is 1.22 bits per heavy atom. The van der Waals surface area contributed by atoms with Crippen molar-refractivity contribution < 1.29 is 14.0 Å². The first-order chi connectivity index (χ1) is 11.3. The van der Waals surface area contributed by atoms with E-state index in [-0.39, 0.29) is 0 Å². The van der Waals surface area contributed by atoms with Gasteiger partial charge in [-0.2, -0.15) is 0 Å². The lowest BCUT2D eigenvalue weighted by molar-refractivity contribution is 0.346. The zero-order valence-corrected chi connectivity index (χ0v) is 15.0. The summed E-state index contributed by atoms with van der Waals surface area (Å²) in [6.45, 7) is 2.99. The fraction of sp³-hybridized carbons (Fsp3) is 0.368. The Hall–Kier alpha value is -1.57. The van der Waals surface area contributed by atoms with Crippen LogP contribution in [0.5, 0.6) is 11.5 Å². The van der Waals surface area contributed by atoms with Gasteiger partial charge < -0.3 is 14.0 Å². The zero-order valence-electron chi connectivity index (χ0n) is 14.1. The van der Waals surface area contributed by atoms with Gasteiger partial charge >= 0.3 is 0 Å². The van der Waals surface area contributed by atoms with Gasteiger partial charge in [0.05, 0.1) is 29.0 Å². The predicted octanol–water partition coefficient (Wildman–Crippen LogP) is 4.26. The van der Waals surface area contributed by atoms with E-state index in [2.05, 4.69) is 31.2 Å². The average molecular weight is 332 g/mol. The molecule has 0 saturated carbocycles. The summed E-state index contributed by atoms with van der Waals surface area (Å²) in [7, 11) is 2.55. The van der Waals surface area contributed by atoms with Crippen molar-refractivity contribution in [1.82, 2.24) is 0 Å². The largest absolute Gasteiger partial charge is 0.497 e. The van der Waals surface area contributed by atoms with E-state index in [9.17, 15) is 0 Å². The Balaban J connectivity index is 2.18. The summed E-state index contributed by atoms with van der Waals surface area (Å²) in [5, 5.41) is 2.39. The molecule has 0 aliphatic carbocycles. The highest BCUT2D eigenvalue weighted by Gasteiger charge is 2.15. The zero-order chi connectivity index (χ0) is 16.5. The van der Waals surface area contributed by atoms with Crippen LogP contribution in [0.3, 0.4) is 0 Å². The third-order valence-electron chi connectivity index (χ3n) is 3.58. The van der Waals surface area contributed by atoms with Crippen molar-refractivity contribution in [3.63, 3.8) is 0 Å². The van der Waals surface area contributed by atoms with Crippen LogP contribution in [-0.2, 0) is 4.52 Å². The van der Waals surface area contributed by atoms with Crippen molar-refractivity contribution in [1.29, 1.82) is 0 Å². The summed E-state index contributed by atoms with van der Waals surface area (Å²) >= 11 is 0. The minimum atomic E-state index is -0.813. The molecule has 0 atom stereocenters. The van der Waals surface area contributed by atoms with Gasteiger partial charge in [0.2, 0.25) is 0 Å². The summed E-state index contributed by atoms with van der Waals surface area (Å²) in [5.41, 5.74) is 0. The smallest absolute Gasteiger partial charge is 0.118 e. The van der Waals surface area contributed by atoms with Crippen LogP contribution < -0.4 is 20.1 Å². The number of ether oxygens (including phenoxy) is 2. The first kappa shape index (κ1) is 17.8. The molecular weight excluding hydrogens is 307 g/mol. The Bertz CT molecular complexity index is 519. The molecule has 0 amide bonds. The van der Waals surface area contributed by atoms with E-state index in [0.29, 0.717) is 0 Å². The average Bonchev–Trinajstić information content (AvgIpc) is 2.62. The SMILES string of the molecule is CCCCCOP(c1ccc(OC)cc1)c1ccc(OC)cc1.